The average Bonchev–Trinajstić information content (AvgIpc) is 3.43. The summed E-state index contributed by atoms with van der Waals surface area (Å²) in [6, 6.07) is 13.7. The number of nitrogens with one attached hydrogen (secondary N) is 2. The van der Waals surface area contributed by atoms with Crippen LogP contribution >= 0.6 is 11.8 Å². The number of rotatable bonds is 6. The molecule has 3 aliphatic heterocycles. The van der Waals surface area contributed by atoms with Crippen molar-refractivity contribution >= 4 is 35.2 Å². The highest BCUT2D eigenvalue weighted by Crippen LogP contribution is 2.72. The summed E-state index contributed by atoms with van der Waals surface area (Å²) in [7, 11) is 1.59. The summed E-state index contributed by atoms with van der Waals surface area (Å²) in [5, 5.41) is 16.4. The Kier molecular flexibility index (Phi) is 6.16. The Balaban J connectivity index is 1.63. The van der Waals surface area contributed by atoms with E-state index in [1.165, 1.54) is 0 Å². The van der Waals surface area contributed by atoms with Gasteiger partial charge in [-0.15, -0.1) is 11.8 Å². The lowest BCUT2D eigenvalue weighted by molar-refractivity contribution is -0.142. The van der Waals surface area contributed by atoms with Gasteiger partial charge in [-0.1, -0.05) is 42.5 Å². The molecule has 2 unspecified atom stereocenters. The van der Waals surface area contributed by atoms with Gasteiger partial charge >= 0.3 is 0 Å². The normalized spacial score (nSPS) is 31.3. The zero-order valence-corrected chi connectivity index (χ0v) is 21.9. The summed E-state index contributed by atoms with van der Waals surface area (Å²) in [6.45, 7) is 5.63. The predicted molar refractivity (Wildman–Crippen MR) is 140 cm³/mol. The zero-order valence-electron chi connectivity index (χ0n) is 21.1. The Morgan fingerprint density at radius 1 is 1.14 bits per heavy atom. The van der Waals surface area contributed by atoms with Gasteiger partial charge < -0.3 is 20.6 Å². The number of hydrogen-bond donors (Lipinski definition) is 3. The number of benzene rings is 2. The van der Waals surface area contributed by atoms with Crippen molar-refractivity contribution in [2.45, 2.75) is 55.2 Å². The summed E-state index contributed by atoms with van der Waals surface area (Å²) in [5.74, 6) is -1.84. The van der Waals surface area contributed by atoms with Crippen LogP contribution in [0.4, 0.5) is 5.69 Å². The molecule has 0 radical (unpaired) electrons. The fourth-order valence-electron chi connectivity index (χ4n) is 6.66. The molecule has 3 N–H and O–H groups in total. The van der Waals surface area contributed by atoms with E-state index in [9.17, 15) is 19.5 Å². The molecule has 7 nitrogen and oxygen atoms in total. The van der Waals surface area contributed by atoms with Crippen LogP contribution in [0.2, 0.25) is 0 Å². The van der Waals surface area contributed by atoms with Crippen molar-refractivity contribution in [3.05, 3.63) is 65.2 Å². The molecule has 0 aromatic heterocycles. The summed E-state index contributed by atoms with van der Waals surface area (Å²) < 4.78 is -1.17. The number of aliphatic hydroxyl groups excluding tert-OH is 1. The summed E-state index contributed by atoms with van der Waals surface area (Å²) >= 11 is 1.62. The van der Waals surface area contributed by atoms with Gasteiger partial charge in [0.2, 0.25) is 17.7 Å². The monoisotopic (exact) mass is 507 g/mol. The SMILES string of the molecule is CNC(=O)[C@H]1[C@H]2C(=O)N([C@H](CO)c3ccccc3)C(C(=O)Nc3cc(C)ccc3C)C23CC[C@]1(C)S3. The molecular weight excluding hydrogens is 474 g/mol. The van der Waals surface area contributed by atoms with Gasteiger partial charge in [-0.2, -0.15) is 0 Å². The Morgan fingerprint density at radius 3 is 2.53 bits per heavy atom. The highest BCUT2D eigenvalue weighted by Gasteiger charge is 2.77. The highest BCUT2D eigenvalue weighted by molar-refractivity contribution is 8.02. The lowest BCUT2D eigenvalue weighted by Crippen LogP contribution is -2.53. The van der Waals surface area contributed by atoms with Crippen molar-refractivity contribution in [1.29, 1.82) is 0 Å². The van der Waals surface area contributed by atoms with Crippen LogP contribution in [-0.4, -0.2) is 56.9 Å². The van der Waals surface area contributed by atoms with E-state index in [1.54, 1.807) is 23.7 Å². The Bertz CT molecular complexity index is 1220. The lowest BCUT2D eigenvalue weighted by Gasteiger charge is -2.37. The molecule has 6 atom stereocenters. The van der Waals surface area contributed by atoms with Crippen LogP contribution in [0, 0.1) is 25.7 Å². The van der Waals surface area contributed by atoms with E-state index in [-0.39, 0.29) is 24.3 Å². The van der Waals surface area contributed by atoms with Gasteiger partial charge in [0.15, 0.2) is 0 Å². The molecule has 8 heteroatoms. The molecule has 3 saturated heterocycles. The van der Waals surface area contributed by atoms with Crippen molar-refractivity contribution in [2.24, 2.45) is 11.8 Å². The number of carbonyl (C=O) groups is 3. The fraction of sp³-hybridized carbons (Fsp3) is 0.464. The van der Waals surface area contributed by atoms with E-state index in [4.69, 9.17) is 0 Å². The minimum Gasteiger partial charge on any atom is -0.394 e. The average molecular weight is 508 g/mol. The molecule has 0 saturated carbocycles. The summed E-state index contributed by atoms with van der Waals surface area (Å²) in [6.07, 6.45) is 1.40. The Morgan fingerprint density at radius 2 is 1.86 bits per heavy atom. The molecule has 36 heavy (non-hydrogen) atoms. The molecule has 3 aliphatic rings. The van der Waals surface area contributed by atoms with Crippen LogP contribution < -0.4 is 10.6 Å². The summed E-state index contributed by atoms with van der Waals surface area (Å²) in [4.78, 5) is 43.1. The van der Waals surface area contributed by atoms with E-state index in [2.05, 4.69) is 10.6 Å². The standard InChI is InChI=1S/C28H33N3O4S/c1-16-10-11-17(2)19(14-16)30-25(34)23-28-13-12-27(3,36-28)21(24(33)29-4)22(28)26(35)31(23)20(15-32)18-8-6-5-7-9-18/h5-11,14,20-23,32H,12-13,15H2,1-4H3,(H,29,33)(H,30,34)/t20-,21-,22+,23?,27+,28?/m1/s1. The third-order valence-electron chi connectivity index (χ3n) is 8.34. The first-order valence-electron chi connectivity index (χ1n) is 12.4. The van der Waals surface area contributed by atoms with Crippen LogP contribution in [0.5, 0.6) is 0 Å². The van der Waals surface area contributed by atoms with Crippen LogP contribution in [0.1, 0.15) is 42.5 Å². The second-order valence-electron chi connectivity index (χ2n) is 10.5. The second kappa shape index (κ2) is 8.92. The predicted octanol–water partition coefficient (Wildman–Crippen LogP) is 3.20. The molecule has 1 spiro atoms. The number of carbonyl (C=O) groups excluding carboxylic acids is 3. The van der Waals surface area contributed by atoms with E-state index in [0.717, 1.165) is 23.1 Å². The van der Waals surface area contributed by atoms with Gasteiger partial charge in [0.1, 0.15) is 6.04 Å². The third-order valence-corrected chi connectivity index (χ3v) is 10.3. The number of nitrogens with zero attached hydrogens (tertiary/aromatic N) is 1. The Labute approximate surface area is 216 Å². The molecule has 0 aliphatic carbocycles. The molecule has 2 aromatic carbocycles. The van der Waals surface area contributed by atoms with Gasteiger partial charge in [-0.3, -0.25) is 14.4 Å². The maximum Gasteiger partial charge on any atom is 0.248 e. The lowest BCUT2D eigenvalue weighted by atomic mass is 9.66. The first-order valence-corrected chi connectivity index (χ1v) is 13.3. The van der Waals surface area contributed by atoms with E-state index >= 15 is 0 Å². The number of thioether (sulfide) groups is 1. The molecule has 2 bridgehead atoms. The summed E-state index contributed by atoms with van der Waals surface area (Å²) in [5.41, 5.74) is 3.42. The maximum absolute atomic E-state index is 14.2. The van der Waals surface area contributed by atoms with Crippen LogP contribution in [0.15, 0.2) is 48.5 Å². The Hall–Kier alpha value is -2.84. The van der Waals surface area contributed by atoms with Crippen molar-refractivity contribution < 1.29 is 19.5 Å². The minimum absolute atomic E-state index is 0.166. The largest absolute Gasteiger partial charge is 0.394 e. The number of amides is 3. The number of likely N-dealkylation sites (tertiary alicyclic amines) is 1. The number of aliphatic hydroxyl groups is 1. The molecule has 3 fully saturated rings. The fourth-order valence-corrected chi connectivity index (χ4v) is 9.00. The van der Waals surface area contributed by atoms with Crippen molar-refractivity contribution in [1.82, 2.24) is 10.2 Å². The van der Waals surface area contributed by atoms with Crippen molar-refractivity contribution in [3.8, 4) is 0 Å². The van der Waals surface area contributed by atoms with E-state index < -0.39 is 33.4 Å². The van der Waals surface area contributed by atoms with Crippen LogP contribution in [0.25, 0.3) is 0 Å². The molecular formula is C28H33N3O4S. The van der Waals surface area contributed by atoms with E-state index in [1.807, 2.05) is 69.3 Å². The molecule has 3 amide bonds. The van der Waals surface area contributed by atoms with Crippen molar-refractivity contribution in [2.75, 3.05) is 19.0 Å². The number of fused-ring (bicyclic) bond motifs is 1. The zero-order chi connectivity index (χ0) is 25.8. The van der Waals surface area contributed by atoms with Crippen LogP contribution in [0.3, 0.4) is 0 Å². The highest BCUT2D eigenvalue weighted by atomic mass is 32.2. The minimum atomic E-state index is -0.825. The van der Waals surface area contributed by atoms with E-state index in [0.29, 0.717) is 12.1 Å². The van der Waals surface area contributed by atoms with Gasteiger partial charge in [-0.25, -0.2) is 0 Å². The maximum atomic E-state index is 14.2. The molecule has 3 heterocycles. The first kappa shape index (κ1) is 24.8. The van der Waals surface area contributed by atoms with Crippen LogP contribution in [-0.2, 0) is 14.4 Å². The number of hydrogen-bond acceptors (Lipinski definition) is 5. The van der Waals surface area contributed by atoms with Gasteiger partial charge in [-0.05, 0) is 56.4 Å². The van der Waals surface area contributed by atoms with Gasteiger partial charge in [0, 0.05) is 17.5 Å². The molecule has 190 valence electrons. The molecule has 2 aromatic rings. The smallest absolute Gasteiger partial charge is 0.248 e. The van der Waals surface area contributed by atoms with Gasteiger partial charge in [0.05, 0.1) is 29.2 Å². The quantitative estimate of drug-likeness (QED) is 0.558. The third kappa shape index (κ3) is 3.57. The second-order valence-corrected chi connectivity index (χ2v) is 12.4. The van der Waals surface area contributed by atoms with Gasteiger partial charge in [0.25, 0.3) is 0 Å². The topological polar surface area (TPSA) is 98.7 Å². The van der Waals surface area contributed by atoms with Crippen molar-refractivity contribution in [3.63, 3.8) is 0 Å². The molecule has 5 rings (SSSR count). The number of anilines is 1. The first-order chi connectivity index (χ1) is 17.2. The number of aryl methyl sites for hydroxylation is 2.